The number of nitrogens with one attached hydrogen (secondary N) is 2. The van der Waals surface area contributed by atoms with E-state index in [1.807, 2.05) is 67.6 Å². The van der Waals surface area contributed by atoms with E-state index in [0.717, 1.165) is 36.8 Å². The molecule has 1 unspecified atom stereocenters. The van der Waals surface area contributed by atoms with Crippen LogP contribution in [0, 0.1) is 11.8 Å². The molecule has 8 heteroatoms. The molecule has 0 aliphatic heterocycles. The van der Waals surface area contributed by atoms with Crippen LogP contribution < -0.4 is 10.6 Å². The average Bonchev–Trinajstić information content (AvgIpc) is 2.88. The molecule has 3 rings (SSSR count). The summed E-state index contributed by atoms with van der Waals surface area (Å²) in [6, 6.07) is 18.8. The molecule has 3 atom stereocenters. The molecule has 2 aromatic rings. The largest absolute Gasteiger partial charge is 0.354 e. The van der Waals surface area contributed by atoms with E-state index < -0.39 is 31.6 Å². The quantitative estimate of drug-likeness (QED) is 0.279. The van der Waals surface area contributed by atoms with Crippen LogP contribution in [0.2, 0.25) is 0 Å². The van der Waals surface area contributed by atoms with E-state index in [1.165, 1.54) is 6.42 Å². The molecular formula is C29H41N2O5P. The minimum absolute atomic E-state index is 0.0695. The summed E-state index contributed by atoms with van der Waals surface area (Å²) in [5.41, 5.74) is 2.12. The highest BCUT2D eigenvalue weighted by Gasteiger charge is 2.33. The highest BCUT2D eigenvalue weighted by atomic mass is 31.2. The third kappa shape index (κ3) is 10.4. The van der Waals surface area contributed by atoms with Gasteiger partial charge in [0.25, 0.3) is 0 Å². The van der Waals surface area contributed by atoms with Crippen molar-refractivity contribution in [3.05, 3.63) is 71.8 Å². The lowest BCUT2D eigenvalue weighted by molar-refractivity contribution is -0.131. The van der Waals surface area contributed by atoms with Gasteiger partial charge in [-0.15, -0.1) is 0 Å². The maximum Gasteiger partial charge on any atom is 0.326 e. The van der Waals surface area contributed by atoms with Gasteiger partial charge in [-0.25, -0.2) is 0 Å². The Morgan fingerprint density at radius 1 is 0.946 bits per heavy atom. The van der Waals surface area contributed by atoms with Crippen LogP contribution in [0.5, 0.6) is 0 Å². The molecule has 0 aromatic heterocycles. The van der Waals surface area contributed by atoms with Crippen LogP contribution in [-0.2, 0) is 20.6 Å². The molecule has 1 aliphatic carbocycles. The van der Waals surface area contributed by atoms with E-state index >= 15 is 0 Å². The van der Waals surface area contributed by atoms with Gasteiger partial charge < -0.3 is 20.4 Å². The molecule has 37 heavy (non-hydrogen) atoms. The predicted octanol–water partition coefficient (Wildman–Crippen LogP) is 4.79. The van der Waals surface area contributed by atoms with Crippen molar-refractivity contribution in [1.29, 1.82) is 0 Å². The minimum Gasteiger partial charge on any atom is -0.354 e. The molecule has 0 bridgehead atoms. The maximum absolute atomic E-state index is 13.4. The van der Waals surface area contributed by atoms with E-state index in [2.05, 4.69) is 10.6 Å². The Bertz CT molecular complexity index is 1020. The van der Waals surface area contributed by atoms with Crippen molar-refractivity contribution in [3.63, 3.8) is 0 Å². The Morgan fingerprint density at radius 2 is 1.57 bits per heavy atom. The van der Waals surface area contributed by atoms with E-state index in [-0.39, 0.29) is 18.2 Å². The number of rotatable bonds is 13. The lowest BCUT2D eigenvalue weighted by Crippen LogP contribution is -2.50. The number of carbonyl (C=O) groups is 2. The smallest absolute Gasteiger partial charge is 0.326 e. The van der Waals surface area contributed by atoms with Gasteiger partial charge in [0, 0.05) is 12.5 Å². The standard InChI is InChI=1S/C29H41N2O5P/c1-22(25-15-9-4-10-16-25)19-26(21-37(34,35)36)28(32)31-27(20-24-13-7-3-8-14-24)29(33)30-18-17-23-11-5-2-6-12-23/h2,4-6,9-12,15-16,22,24,26-27H,3,7-8,13-14,17-21H2,1H3,(H,30,33)(H,31,32)(H2,34,35,36)/t22-,26?,27+/m1/s1. The normalized spacial score (nSPS) is 16.9. The summed E-state index contributed by atoms with van der Waals surface area (Å²) < 4.78 is 11.9. The van der Waals surface area contributed by atoms with Crippen molar-refractivity contribution in [1.82, 2.24) is 10.6 Å². The molecule has 0 spiro atoms. The molecule has 1 saturated carbocycles. The third-order valence-electron chi connectivity index (χ3n) is 7.32. The molecule has 1 fully saturated rings. The first kappa shape index (κ1) is 29.1. The first-order valence-electron chi connectivity index (χ1n) is 13.4. The number of hydrogen-bond acceptors (Lipinski definition) is 3. The molecule has 7 nitrogen and oxygen atoms in total. The van der Waals surface area contributed by atoms with E-state index in [9.17, 15) is 23.9 Å². The molecule has 2 aromatic carbocycles. The summed E-state index contributed by atoms with van der Waals surface area (Å²) in [4.78, 5) is 46.0. The van der Waals surface area contributed by atoms with Gasteiger partial charge in [-0.1, -0.05) is 99.7 Å². The van der Waals surface area contributed by atoms with Gasteiger partial charge in [-0.2, -0.15) is 0 Å². The first-order valence-corrected chi connectivity index (χ1v) is 15.2. The van der Waals surface area contributed by atoms with Gasteiger partial charge in [0.15, 0.2) is 0 Å². The van der Waals surface area contributed by atoms with Crippen LogP contribution in [0.4, 0.5) is 0 Å². The van der Waals surface area contributed by atoms with Crippen molar-refractivity contribution in [2.45, 2.75) is 70.3 Å². The highest BCUT2D eigenvalue weighted by Crippen LogP contribution is 2.40. The molecule has 4 N–H and O–H groups in total. The molecule has 2 amide bonds. The lowest BCUT2D eigenvalue weighted by Gasteiger charge is -2.28. The summed E-state index contributed by atoms with van der Waals surface area (Å²) in [5.74, 6) is -1.32. The zero-order valence-corrected chi connectivity index (χ0v) is 22.6. The fourth-order valence-electron chi connectivity index (χ4n) is 5.27. The summed E-state index contributed by atoms with van der Waals surface area (Å²) >= 11 is 0. The summed E-state index contributed by atoms with van der Waals surface area (Å²) in [6.45, 7) is 2.40. The van der Waals surface area contributed by atoms with Gasteiger partial charge in [0.2, 0.25) is 11.8 Å². The van der Waals surface area contributed by atoms with Crippen molar-refractivity contribution in [2.75, 3.05) is 12.7 Å². The Hall–Kier alpha value is -2.47. The summed E-state index contributed by atoms with van der Waals surface area (Å²) in [7, 11) is -4.44. The van der Waals surface area contributed by atoms with Crippen molar-refractivity contribution in [2.24, 2.45) is 11.8 Å². The molecule has 0 heterocycles. The van der Waals surface area contributed by atoms with Crippen LogP contribution in [0.3, 0.4) is 0 Å². The van der Waals surface area contributed by atoms with Crippen LogP contribution in [-0.4, -0.2) is 40.3 Å². The Labute approximate surface area is 220 Å². The minimum atomic E-state index is -4.44. The van der Waals surface area contributed by atoms with Crippen molar-refractivity contribution < 1.29 is 23.9 Å². The van der Waals surface area contributed by atoms with Crippen LogP contribution in [0.1, 0.15) is 68.9 Å². The van der Waals surface area contributed by atoms with Gasteiger partial charge in [0.1, 0.15) is 6.04 Å². The first-order chi connectivity index (χ1) is 17.7. The molecule has 202 valence electrons. The Morgan fingerprint density at radius 3 is 2.19 bits per heavy atom. The van der Waals surface area contributed by atoms with Gasteiger partial charge in [0.05, 0.1) is 6.16 Å². The highest BCUT2D eigenvalue weighted by molar-refractivity contribution is 7.51. The van der Waals surface area contributed by atoms with Crippen LogP contribution in [0.25, 0.3) is 0 Å². The fraction of sp³-hybridized carbons (Fsp3) is 0.517. The summed E-state index contributed by atoms with van der Waals surface area (Å²) in [6.07, 6.45) is 6.47. The monoisotopic (exact) mass is 528 g/mol. The van der Waals surface area contributed by atoms with Gasteiger partial charge in [-0.05, 0) is 42.2 Å². The topological polar surface area (TPSA) is 116 Å². The second-order valence-electron chi connectivity index (χ2n) is 10.4. The average molecular weight is 529 g/mol. The Kier molecular flexibility index (Phi) is 11.4. The maximum atomic E-state index is 13.4. The SMILES string of the molecule is C[C@H](CC(CP(=O)(O)O)C(=O)N[C@@H](CC1CCCCC1)C(=O)NCCc1ccccc1)c1ccccc1. The lowest BCUT2D eigenvalue weighted by atomic mass is 9.84. The molecule has 0 radical (unpaired) electrons. The van der Waals surface area contributed by atoms with Crippen molar-refractivity contribution in [3.8, 4) is 0 Å². The fourth-order valence-corrected chi connectivity index (χ4v) is 6.16. The second kappa shape index (κ2) is 14.5. The van der Waals surface area contributed by atoms with Crippen LogP contribution >= 0.6 is 7.60 Å². The van der Waals surface area contributed by atoms with E-state index in [0.29, 0.717) is 25.3 Å². The third-order valence-corrected chi connectivity index (χ3v) is 8.23. The zero-order chi connectivity index (χ0) is 26.7. The van der Waals surface area contributed by atoms with Gasteiger partial charge in [-0.3, -0.25) is 14.2 Å². The van der Waals surface area contributed by atoms with E-state index in [4.69, 9.17) is 0 Å². The number of amides is 2. The number of hydrogen-bond donors (Lipinski definition) is 4. The number of benzene rings is 2. The predicted molar refractivity (Wildman–Crippen MR) is 146 cm³/mol. The Balaban J connectivity index is 1.69. The zero-order valence-electron chi connectivity index (χ0n) is 21.7. The molecule has 1 aliphatic rings. The second-order valence-corrected chi connectivity index (χ2v) is 12.1. The number of carbonyl (C=O) groups excluding carboxylic acids is 2. The molecule has 0 saturated heterocycles. The van der Waals surface area contributed by atoms with Gasteiger partial charge >= 0.3 is 7.60 Å². The summed E-state index contributed by atoms with van der Waals surface area (Å²) in [5, 5.41) is 5.87. The molecular weight excluding hydrogens is 487 g/mol. The van der Waals surface area contributed by atoms with Crippen LogP contribution in [0.15, 0.2) is 60.7 Å². The van der Waals surface area contributed by atoms with Crippen molar-refractivity contribution >= 4 is 19.4 Å². The van der Waals surface area contributed by atoms with E-state index in [1.54, 1.807) is 0 Å².